The van der Waals surface area contributed by atoms with Crippen LogP contribution < -0.4 is 0 Å². The summed E-state index contributed by atoms with van der Waals surface area (Å²) in [6, 6.07) is 3.74. The van der Waals surface area contributed by atoms with Crippen molar-refractivity contribution in [2.24, 2.45) is 5.92 Å². The molecule has 1 atom stereocenters. The average Bonchev–Trinajstić information content (AvgIpc) is 2.46. The normalized spacial score (nSPS) is 21.4. The molecule has 1 aliphatic rings. The second kappa shape index (κ2) is 6.81. The van der Waals surface area contributed by atoms with Crippen LogP contribution in [0, 0.1) is 5.92 Å². The summed E-state index contributed by atoms with van der Waals surface area (Å²) in [6.45, 7) is 1.33. The molecule has 19 heavy (non-hydrogen) atoms. The average molecular weight is 347 g/mol. The lowest BCUT2D eigenvalue weighted by Gasteiger charge is -2.31. The smallest absolute Gasteiger partial charge is 0.214 e. The number of aryl methyl sites for hydroxylation is 1. The first-order valence-corrected chi connectivity index (χ1v) is 9.27. The number of rotatable bonds is 5. The molecule has 1 aromatic heterocycles. The van der Waals surface area contributed by atoms with E-state index in [9.17, 15) is 8.42 Å². The fourth-order valence-corrected chi connectivity index (χ4v) is 4.46. The zero-order valence-electron chi connectivity index (χ0n) is 10.8. The van der Waals surface area contributed by atoms with Crippen LogP contribution in [0.25, 0.3) is 0 Å². The molecule has 2 rings (SSSR count). The quantitative estimate of drug-likeness (QED) is 0.766. The Morgan fingerprint density at radius 1 is 1.37 bits per heavy atom. The number of pyridine rings is 1. The highest BCUT2D eigenvalue weighted by atomic mass is 79.9. The van der Waals surface area contributed by atoms with Gasteiger partial charge in [0.05, 0.1) is 5.75 Å². The zero-order valence-corrected chi connectivity index (χ0v) is 13.2. The Balaban J connectivity index is 1.94. The van der Waals surface area contributed by atoms with Gasteiger partial charge in [-0.2, -0.15) is 0 Å². The Morgan fingerprint density at radius 3 is 2.79 bits per heavy atom. The van der Waals surface area contributed by atoms with Crippen LogP contribution in [0.2, 0.25) is 0 Å². The SMILES string of the molecule is O=S(=O)(CCc1ccncc1)N1CCCC(CBr)C1. The van der Waals surface area contributed by atoms with E-state index in [-0.39, 0.29) is 5.75 Å². The van der Waals surface area contributed by atoms with Gasteiger partial charge >= 0.3 is 0 Å². The Morgan fingerprint density at radius 2 is 2.11 bits per heavy atom. The maximum absolute atomic E-state index is 12.3. The van der Waals surface area contributed by atoms with E-state index in [1.165, 1.54) is 0 Å². The molecule has 0 aromatic carbocycles. The molecule has 0 amide bonds. The monoisotopic (exact) mass is 346 g/mol. The number of sulfonamides is 1. The minimum absolute atomic E-state index is 0.187. The lowest BCUT2D eigenvalue weighted by atomic mass is 10.0. The van der Waals surface area contributed by atoms with Crippen molar-refractivity contribution in [1.82, 2.24) is 9.29 Å². The number of halogens is 1. The standard InChI is InChI=1S/C13H19BrN2O2S/c14-10-13-2-1-8-16(11-13)19(17,18)9-5-12-3-6-15-7-4-12/h3-4,6-7,13H,1-2,5,8-11H2. The van der Waals surface area contributed by atoms with Gasteiger partial charge in [-0.25, -0.2) is 12.7 Å². The van der Waals surface area contributed by atoms with Crippen molar-refractivity contribution in [3.8, 4) is 0 Å². The van der Waals surface area contributed by atoms with Crippen LogP contribution in [0.4, 0.5) is 0 Å². The number of piperidine rings is 1. The summed E-state index contributed by atoms with van der Waals surface area (Å²) in [5, 5.41) is 0.878. The lowest BCUT2D eigenvalue weighted by Crippen LogP contribution is -2.41. The third kappa shape index (κ3) is 4.26. The molecule has 0 bridgehead atoms. The number of hydrogen-bond donors (Lipinski definition) is 0. The van der Waals surface area contributed by atoms with Gasteiger partial charge in [-0.05, 0) is 42.9 Å². The fraction of sp³-hybridized carbons (Fsp3) is 0.615. The molecule has 4 nitrogen and oxygen atoms in total. The predicted octanol–water partition coefficient (Wildman–Crippen LogP) is 2.06. The van der Waals surface area contributed by atoms with E-state index in [2.05, 4.69) is 20.9 Å². The molecule has 0 saturated carbocycles. The van der Waals surface area contributed by atoms with Crippen molar-refractivity contribution in [2.75, 3.05) is 24.2 Å². The molecule has 0 radical (unpaired) electrons. The second-order valence-corrected chi connectivity index (χ2v) is 7.68. The van der Waals surface area contributed by atoms with Crippen molar-refractivity contribution >= 4 is 26.0 Å². The van der Waals surface area contributed by atoms with Gasteiger partial charge in [0, 0.05) is 30.8 Å². The van der Waals surface area contributed by atoms with E-state index in [0.29, 0.717) is 25.4 Å². The van der Waals surface area contributed by atoms with Gasteiger partial charge in [0.2, 0.25) is 10.0 Å². The first kappa shape index (κ1) is 14.9. The van der Waals surface area contributed by atoms with Crippen molar-refractivity contribution in [2.45, 2.75) is 19.3 Å². The summed E-state index contributed by atoms with van der Waals surface area (Å²) in [6.07, 6.45) is 6.03. The second-order valence-electron chi connectivity index (χ2n) is 4.94. The predicted molar refractivity (Wildman–Crippen MR) is 79.8 cm³/mol. The summed E-state index contributed by atoms with van der Waals surface area (Å²) in [5.74, 6) is 0.635. The van der Waals surface area contributed by atoms with Crippen LogP contribution in [-0.4, -0.2) is 41.9 Å². The van der Waals surface area contributed by atoms with Crippen molar-refractivity contribution in [3.63, 3.8) is 0 Å². The highest BCUT2D eigenvalue weighted by Gasteiger charge is 2.27. The highest BCUT2D eigenvalue weighted by molar-refractivity contribution is 9.09. The third-order valence-corrected chi connectivity index (χ3v) is 6.25. The number of nitrogens with zero attached hydrogens (tertiary/aromatic N) is 2. The number of hydrogen-bond acceptors (Lipinski definition) is 3. The van der Waals surface area contributed by atoms with E-state index in [4.69, 9.17) is 0 Å². The Hall–Kier alpha value is -0.460. The zero-order chi connectivity index (χ0) is 13.7. The van der Waals surface area contributed by atoms with E-state index in [0.717, 1.165) is 23.7 Å². The molecular formula is C13H19BrN2O2S. The first-order valence-electron chi connectivity index (χ1n) is 6.54. The molecule has 6 heteroatoms. The maximum Gasteiger partial charge on any atom is 0.214 e. The van der Waals surface area contributed by atoms with Crippen LogP contribution in [-0.2, 0) is 16.4 Å². The Kier molecular flexibility index (Phi) is 5.36. The van der Waals surface area contributed by atoms with Gasteiger partial charge in [-0.3, -0.25) is 4.98 Å². The van der Waals surface area contributed by atoms with Crippen molar-refractivity contribution in [3.05, 3.63) is 30.1 Å². The van der Waals surface area contributed by atoms with Gasteiger partial charge in [0.25, 0.3) is 0 Å². The molecule has 1 fully saturated rings. The molecule has 1 aliphatic heterocycles. The molecule has 1 saturated heterocycles. The Bertz CT molecular complexity index is 493. The molecule has 2 heterocycles. The summed E-state index contributed by atoms with van der Waals surface area (Å²) in [5.41, 5.74) is 1.02. The molecule has 1 aromatic rings. The number of alkyl halides is 1. The van der Waals surface area contributed by atoms with Crippen molar-refractivity contribution < 1.29 is 8.42 Å². The highest BCUT2D eigenvalue weighted by Crippen LogP contribution is 2.21. The Labute approximate surface area is 123 Å². The summed E-state index contributed by atoms with van der Waals surface area (Å²) < 4.78 is 26.3. The number of aromatic nitrogens is 1. The van der Waals surface area contributed by atoms with E-state index in [1.54, 1.807) is 16.7 Å². The van der Waals surface area contributed by atoms with Gasteiger partial charge in [-0.1, -0.05) is 15.9 Å². The molecule has 0 spiro atoms. The fourth-order valence-electron chi connectivity index (χ4n) is 2.33. The van der Waals surface area contributed by atoms with Gasteiger partial charge in [0.1, 0.15) is 0 Å². The molecule has 106 valence electrons. The maximum atomic E-state index is 12.3. The van der Waals surface area contributed by atoms with Crippen LogP contribution in [0.1, 0.15) is 18.4 Å². The van der Waals surface area contributed by atoms with Crippen LogP contribution in [0.15, 0.2) is 24.5 Å². The third-order valence-electron chi connectivity index (χ3n) is 3.49. The minimum Gasteiger partial charge on any atom is -0.265 e. The largest absolute Gasteiger partial charge is 0.265 e. The first-order chi connectivity index (χ1) is 9.12. The lowest BCUT2D eigenvalue weighted by molar-refractivity contribution is 0.285. The summed E-state index contributed by atoms with van der Waals surface area (Å²) in [4.78, 5) is 3.94. The molecular weight excluding hydrogens is 328 g/mol. The molecule has 0 N–H and O–H groups in total. The van der Waals surface area contributed by atoms with E-state index >= 15 is 0 Å². The van der Waals surface area contributed by atoms with E-state index in [1.807, 2.05) is 12.1 Å². The molecule has 1 unspecified atom stereocenters. The van der Waals surface area contributed by atoms with E-state index < -0.39 is 10.0 Å². The van der Waals surface area contributed by atoms with Crippen LogP contribution in [0.5, 0.6) is 0 Å². The van der Waals surface area contributed by atoms with Gasteiger partial charge in [-0.15, -0.1) is 0 Å². The van der Waals surface area contributed by atoms with Crippen LogP contribution >= 0.6 is 15.9 Å². The minimum atomic E-state index is -3.13. The van der Waals surface area contributed by atoms with Crippen LogP contribution in [0.3, 0.4) is 0 Å². The van der Waals surface area contributed by atoms with Gasteiger partial charge < -0.3 is 0 Å². The molecule has 0 aliphatic carbocycles. The summed E-state index contributed by atoms with van der Waals surface area (Å²) in [7, 11) is -3.13. The topological polar surface area (TPSA) is 50.3 Å². The van der Waals surface area contributed by atoms with Gasteiger partial charge in [0.15, 0.2) is 0 Å². The van der Waals surface area contributed by atoms with Crippen molar-refractivity contribution in [1.29, 1.82) is 0 Å². The summed E-state index contributed by atoms with van der Waals surface area (Å²) >= 11 is 3.45.